The molecule has 0 saturated carbocycles. The maximum absolute atomic E-state index is 11.1. The summed E-state index contributed by atoms with van der Waals surface area (Å²) in [6, 6.07) is 12.0. The van der Waals surface area contributed by atoms with Crippen LogP contribution in [0.3, 0.4) is 0 Å². The van der Waals surface area contributed by atoms with Gasteiger partial charge in [-0.25, -0.2) is 4.79 Å². The first-order valence-electron chi connectivity index (χ1n) is 7.47. The highest BCUT2D eigenvalue weighted by molar-refractivity contribution is 5.94. The van der Waals surface area contributed by atoms with E-state index in [9.17, 15) is 4.79 Å². The summed E-state index contributed by atoms with van der Waals surface area (Å²) in [4.78, 5) is 11.1. The van der Waals surface area contributed by atoms with Crippen molar-refractivity contribution < 1.29 is 19.4 Å². The third-order valence-electron chi connectivity index (χ3n) is 3.11. The molecule has 0 atom stereocenters. The lowest BCUT2D eigenvalue weighted by Crippen LogP contribution is -2.07. The summed E-state index contributed by atoms with van der Waals surface area (Å²) in [5.41, 5.74) is 4.12. The van der Waals surface area contributed by atoms with E-state index >= 15 is 0 Å². The first-order chi connectivity index (χ1) is 11.5. The van der Waals surface area contributed by atoms with Crippen molar-refractivity contribution in [2.75, 3.05) is 12.5 Å². The second-order valence-electron chi connectivity index (χ2n) is 5.30. The normalized spacial score (nSPS) is 10.8. The summed E-state index contributed by atoms with van der Waals surface area (Å²) in [5.74, 6) is 0.262. The van der Waals surface area contributed by atoms with Crippen LogP contribution in [-0.4, -0.2) is 30.5 Å². The maximum atomic E-state index is 11.1. The summed E-state index contributed by atoms with van der Waals surface area (Å²) in [7, 11) is 1.57. The molecule has 0 saturated heterocycles. The van der Waals surface area contributed by atoms with Gasteiger partial charge in [0.05, 0.1) is 30.7 Å². The van der Waals surface area contributed by atoms with E-state index in [-0.39, 0.29) is 11.7 Å². The second kappa shape index (κ2) is 8.01. The Morgan fingerprint density at radius 1 is 1.21 bits per heavy atom. The molecule has 0 heterocycles. The van der Waals surface area contributed by atoms with Crippen molar-refractivity contribution in [3.05, 3.63) is 53.6 Å². The van der Waals surface area contributed by atoms with E-state index in [2.05, 4.69) is 10.5 Å². The number of rotatable bonds is 7. The largest absolute Gasteiger partial charge is 0.493 e. The predicted molar refractivity (Wildman–Crippen MR) is 93.4 cm³/mol. The second-order valence-corrected chi connectivity index (χ2v) is 5.30. The maximum Gasteiger partial charge on any atom is 0.337 e. The van der Waals surface area contributed by atoms with Crippen LogP contribution in [0.4, 0.5) is 5.69 Å². The molecule has 2 aromatic carbocycles. The smallest absolute Gasteiger partial charge is 0.337 e. The van der Waals surface area contributed by atoms with Crippen LogP contribution in [0, 0.1) is 0 Å². The van der Waals surface area contributed by atoms with Gasteiger partial charge in [-0.2, -0.15) is 5.10 Å². The molecule has 0 bridgehead atoms. The first-order valence-corrected chi connectivity index (χ1v) is 7.47. The van der Waals surface area contributed by atoms with Crippen LogP contribution < -0.4 is 14.9 Å². The van der Waals surface area contributed by atoms with E-state index in [1.54, 1.807) is 37.6 Å². The summed E-state index contributed by atoms with van der Waals surface area (Å²) >= 11 is 0. The van der Waals surface area contributed by atoms with E-state index in [4.69, 9.17) is 14.6 Å². The molecule has 24 heavy (non-hydrogen) atoms. The fraction of sp³-hybridized carbons (Fsp3) is 0.222. The average molecular weight is 328 g/mol. The number of para-hydroxylation sites is 1. The number of benzene rings is 2. The standard InChI is InChI=1S/C18H20N2O4/c1-12(2)24-16-9-8-13(10-17(16)23-3)11-19-20-15-7-5-4-6-14(15)18(21)22/h4-12,20H,1-3H3,(H,21,22)/b19-11+. The molecular formula is C18H20N2O4. The number of hydrogen-bond acceptors (Lipinski definition) is 5. The fourth-order valence-corrected chi connectivity index (χ4v) is 2.06. The first kappa shape index (κ1) is 17.3. The Labute approximate surface area is 140 Å². The number of methoxy groups -OCH3 is 1. The van der Waals surface area contributed by atoms with Crippen molar-refractivity contribution in [1.29, 1.82) is 0 Å². The zero-order valence-corrected chi connectivity index (χ0v) is 13.8. The highest BCUT2D eigenvalue weighted by atomic mass is 16.5. The molecular weight excluding hydrogens is 308 g/mol. The Balaban J connectivity index is 2.14. The third-order valence-corrected chi connectivity index (χ3v) is 3.11. The molecule has 6 heteroatoms. The van der Waals surface area contributed by atoms with Gasteiger partial charge in [0, 0.05) is 0 Å². The topological polar surface area (TPSA) is 80.2 Å². The van der Waals surface area contributed by atoms with Gasteiger partial charge in [0.1, 0.15) is 0 Å². The molecule has 2 rings (SSSR count). The highest BCUT2D eigenvalue weighted by Crippen LogP contribution is 2.28. The number of carbonyl (C=O) groups is 1. The molecule has 2 aromatic rings. The van der Waals surface area contributed by atoms with Gasteiger partial charge in [0.25, 0.3) is 0 Å². The minimum absolute atomic E-state index is 0.0487. The van der Waals surface area contributed by atoms with E-state index in [1.165, 1.54) is 6.07 Å². The minimum Gasteiger partial charge on any atom is -0.493 e. The van der Waals surface area contributed by atoms with Gasteiger partial charge >= 0.3 is 5.97 Å². The van der Waals surface area contributed by atoms with Crippen LogP contribution in [0.1, 0.15) is 29.8 Å². The van der Waals surface area contributed by atoms with E-state index < -0.39 is 5.97 Å². The molecule has 0 spiro atoms. The minimum atomic E-state index is -1.01. The molecule has 0 radical (unpaired) electrons. The third kappa shape index (κ3) is 4.49. The van der Waals surface area contributed by atoms with E-state index in [0.717, 1.165) is 5.56 Å². The number of nitrogens with zero attached hydrogens (tertiary/aromatic N) is 1. The van der Waals surface area contributed by atoms with Gasteiger partial charge in [-0.3, -0.25) is 5.43 Å². The van der Waals surface area contributed by atoms with Gasteiger partial charge in [-0.1, -0.05) is 12.1 Å². The Morgan fingerprint density at radius 2 is 1.96 bits per heavy atom. The zero-order valence-electron chi connectivity index (χ0n) is 13.8. The molecule has 6 nitrogen and oxygen atoms in total. The lowest BCUT2D eigenvalue weighted by atomic mass is 10.2. The SMILES string of the molecule is COc1cc(/C=N/Nc2ccccc2C(=O)O)ccc1OC(C)C. The Hall–Kier alpha value is -3.02. The molecule has 0 aliphatic carbocycles. The molecule has 0 amide bonds. The number of anilines is 1. The van der Waals surface area contributed by atoms with Crippen molar-refractivity contribution in [2.24, 2.45) is 5.10 Å². The number of carboxylic acid groups (broad SMARTS) is 1. The number of carboxylic acids is 1. The van der Waals surface area contributed by atoms with E-state index in [1.807, 2.05) is 26.0 Å². The monoisotopic (exact) mass is 328 g/mol. The Bertz CT molecular complexity index is 742. The molecule has 0 fully saturated rings. The highest BCUT2D eigenvalue weighted by Gasteiger charge is 2.08. The molecule has 0 aliphatic rings. The average Bonchev–Trinajstić information content (AvgIpc) is 2.56. The number of ether oxygens (including phenoxy) is 2. The zero-order chi connectivity index (χ0) is 17.5. The van der Waals surface area contributed by atoms with Gasteiger partial charge in [0.2, 0.25) is 0 Å². The van der Waals surface area contributed by atoms with Crippen LogP contribution in [0.2, 0.25) is 0 Å². The van der Waals surface area contributed by atoms with Gasteiger partial charge in [0.15, 0.2) is 11.5 Å². The van der Waals surface area contributed by atoms with Gasteiger partial charge in [-0.15, -0.1) is 0 Å². The van der Waals surface area contributed by atoms with Crippen molar-refractivity contribution >= 4 is 17.9 Å². The molecule has 2 N–H and O–H groups in total. The summed E-state index contributed by atoms with van der Waals surface area (Å²) < 4.78 is 11.0. The number of nitrogens with one attached hydrogen (secondary N) is 1. The van der Waals surface area contributed by atoms with E-state index in [0.29, 0.717) is 17.2 Å². The number of hydrogen-bond donors (Lipinski definition) is 2. The van der Waals surface area contributed by atoms with Crippen molar-refractivity contribution in [1.82, 2.24) is 0 Å². The molecule has 126 valence electrons. The summed E-state index contributed by atoms with van der Waals surface area (Å²) in [6.07, 6.45) is 1.63. The van der Waals surface area contributed by atoms with Gasteiger partial charge < -0.3 is 14.6 Å². The van der Waals surface area contributed by atoms with Crippen molar-refractivity contribution in [3.8, 4) is 11.5 Å². The summed E-state index contributed by atoms with van der Waals surface area (Å²) in [5, 5.41) is 13.2. The lowest BCUT2D eigenvalue weighted by Gasteiger charge is -2.13. The molecule has 0 aromatic heterocycles. The van der Waals surface area contributed by atoms with Crippen molar-refractivity contribution in [2.45, 2.75) is 20.0 Å². The Kier molecular flexibility index (Phi) is 5.78. The Morgan fingerprint density at radius 3 is 2.62 bits per heavy atom. The van der Waals surface area contributed by atoms with Crippen LogP contribution in [0.5, 0.6) is 11.5 Å². The van der Waals surface area contributed by atoms with Crippen LogP contribution >= 0.6 is 0 Å². The number of aromatic carboxylic acids is 1. The molecule has 0 unspecified atom stereocenters. The lowest BCUT2D eigenvalue weighted by molar-refractivity contribution is 0.0698. The number of hydrazone groups is 1. The fourth-order valence-electron chi connectivity index (χ4n) is 2.06. The summed E-state index contributed by atoms with van der Waals surface area (Å²) in [6.45, 7) is 3.89. The van der Waals surface area contributed by atoms with Crippen LogP contribution in [-0.2, 0) is 0 Å². The van der Waals surface area contributed by atoms with Gasteiger partial charge in [-0.05, 0) is 49.7 Å². The van der Waals surface area contributed by atoms with Crippen molar-refractivity contribution in [3.63, 3.8) is 0 Å². The predicted octanol–water partition coefficient (Wildman–Crippen LogP) is 3.63. The van der Waals surface area contributed by atoms with Crippen LogP contribution in [0.25, 0.3) is 0 Å². The molecule has 0 aliphatic heterocycles. The quantitative estimate of drug-likeness (QED) is 0.599. The van der Waals surface area contributed by atoms with Crippen LogP contribution in [0.15, 0.2) is 47.6 Å².